The number of aryl methyl sites for hydroxylation is 2. The molecule has 0 aliphatic heterocycles. The zero-order valence-corrected chi connectivity index (χ0v) is 37.0. The van der Waals surface area contributed by atoms with Crippen LogP contribution in [0.5, 0.6) is 0 Å². The van der Waals surface area contributed by atoms with Crippen LogP contribution < -0.4 is 5.19 Å². The van der Waals surface area contributed by atoms with Gasteiger partial charge >= 0.3 is 0 Å². The zero-order valence-electron chi connectivity index (χ0n) is 33.6. The van der Waals surface area contributed by atoms with Crippen LogP contribution in [-0.2, 0) is 25.5 Å². The second kappa shape index (κ2) is 15.8. The van der Waals surface area contributed by atoms with Gasteiger partial charge in [-0.3, -0.25) is 4.98 Å². The Morgan fingerprint density at radius 1 is 0.772 bits per heavy atom. The molecule has 9 aromatic rings. The number of para-hydroxylation sites is 2. The standard InChI is InChI=1S/C35H29N4O.C14H16NSi.Ir/c1-21-15-17-25-31-22(2)36-20-27(32(31)40-34(25)37-21)33-38-28-13-9-10-14-30(28)39(33)29-18-16-24(35(3,4)5)19-26(29)23-11-7-6-8-12-23;1-16(2,3)13-9-10-14(15-11-13)12-7-5-4-6-8-12;/h6-19H,1-5H3;4-7,9-11H,1-3H3;/q2*-1;. The fourth-order valence-corrected chi connectivity index (χ4v) is 8.07. The van der Waals surface area contributed by atoms with Gasteiger partial charge in [0, 0.05) is 48.6 Å². The average Bonchev–Trinajstić information content (AvgIpc) is 3.77. The molecule has 0 aliphatic carbocycles. The molecule has 0 N–H and O–H groups in total. The summed E-state index contributed by atoms with van der Waals surface area (Å²) in [5, 5.41) is 3.29. The van der Waals surface area contributed by atoms with Gasteiger partial charge in [0.05, 0.1) is 30.5 Å². The Bertz CT molecular complexity index is 2830. The quantitative estimate of drug-likeness (QED) is 0.127. The van der Waals surface area contributed by atoms with Gasteiger partial charge in [0.25, 0.3) is 0 Å². The van der Waals surface area contributed by atoms with E-state index in [-0.39, 0.29) is 25.5 Å². The summed E-state index contributed by atoms with van der Waals surface area (Å²) in [6.45, 7) is 17.7. The van der Waals surface area contributed by atoms with Gasteiger partial charge in [0.1, 0.15) is 0 Å². The topological polar surface area (TPSA) is 69.6 Å². The van der Waals surface area contributed by atoms with Crippen LogP contribution in [0.2, 0.25) is 19.6 Å². The molecule has 5 aromatic heterocycles. The van der Waals surface area contributed by atoms with Crippen LogP contribution in [0.25, 0.3) is 72.6 Å². The molecule has 0 spiro atoms. The molecule has 0 atom stereocenters. The number of pyridine rings is 3. The Hall–Kier alpha value is -5.53. The second-order valence-corrected chi connectivity index (χ2v) is 21.4. The molecular formula is C49H45IrN5OSi-2. The maximum absolute atomic E-state index is 6.43. The van der Waals surface area contributed by atoms with E-state index in [1.54, 1.807) is 0 Å². The first kappa shape index (κ1) is 39.7. The molecule has 0 aliphatic rings. The molecule has 1 radical (unpaired) electrons. The smallest absolute Gasteiger partial charge is 0.216 e. The molecule has 5 heterocycles. The van der Waals surface area contributed by atoms with Crippen LogP contribution in [0.4, 0.5) is 0 Å². The summed E-state index contributed by atoms with van der Waals surface area (Å²) in [5.41, 5.74) is 12.3. The van der Waals surface area contributed by atoms with E-state index in [2.05, 4.69) is 146 Å². The van der Waals surface area contributed by atoms with E-state index in [1.807, 2.05) is 62.5 Å². The van der Waals surface area contributed by atoms with Crippen molar-refractivity contribution in [2.45, 2.75) is 59.7 Å². The first-order valence-electron chi connectivity index (χ1n) is 19.1. The SMILES string of the molecule is C[Si](C)(C)c1ccc(-c2[c-]cccc2)nc1.Cc1ccc2c(n1)oc1c(-c3nc4ccccc4n3-c3ccc(C(C)(C)C)cc3-c3ccccc3)[c-]nc(C)c12.[Ir]. The summed E-state index contributed by atoms with van der Waals surface area (Å²) in [6.07, 6.45) is 5.30. The average molecular weight is 940 g/mol. The fourth-order valence-electron chi connectivity index (χ4n) is 7.04. The second-order valence-electron chi connectivity index (χ2n) is 16.4. The maximum atomic E-state index is 6.43. The predicted molar refractivity (Wildman–Crippen MR) is 233 cm³/mol. The van der Waals surface area contributed by atoms with Gasteiger partial charge in [-0.25, -0.2) is 4.98 Å². The molecule has 6 nitrogen and oxygen atoms in total. The minimum absolute atomic E-state index is 0. The monoisotopic (exact) mass is 940 g/mol. The van der Waals surface area contributed by atoms with E-state index in [0.717, 1.165) is 67.1 Å². The van der Waals surface area contributed by atoms with Crippen molar-refractivity contribution in [3.8, 4) is 39.5 Å². The van der Waals surface area contributed by atoms with E-state index in [9.17, 15) is 0 Å². The number of fused-ring (bicyclic) bond motifs is 4. The molecule has 0 saturated carbocycles. The van der Waals surface area contributed by atoms with Crippen LogP contribution in [0, 0.1) is 26.1 Å². The van der Waals surface area contributed by atoms with E-state index >= 15 is 0 Å². The summed E-state index contributed by atoms with van der Waals surface area (Å²) in [5.74, 6) is 0.732. The van der Waals surface area contributed by atoms with Gasteiger partial charge in [-0.05, 0) is 93.6 Å². The molecule has 287 valence electrons. The normalized spacial score (nSPS) is 11.7. The molecule has 0 saturated heterocycles. The van der Waals surface area contributed by atoms with Crippen molar-refractivity contribution in [3.63, 3.8) is 0 Å². The number of hydrogen-bond acceptors (Lipinski definition) is 5. The van der Waals surface area contributed by atoms with Gasteiger partial charge in [-0.2, -0.15) is 0 Å². The van der Waals surface area contributed by atoms with Crippen LogP contribution >= 0.6 is 0 Å². The molecule has 57 heavy (non-hydrogen) atoms. The molecule has 0 fully saturated rings. The number of hydrogen-bond donors (Lipinski definition) is 0. The molecule has 0 amide bonds. The van der Waals surface area contributed by atoms with Crippen molar-refractivity contribution in [1.82, 2.24) is 24.5 Å². The third kappa shape index (κ3) is 7.90. The molecule has 0 bridgehead atoms. The summed E-state index contributed by atoms with van der Waals surface area (Å²) in [6, 6.07) is 45.0. The number of imidazole rings is 1. The van der Waals surface area contributed by atoms with E-state index in [0.29, 0.717) is 16.9 Å². The van der Waals surface area contributed by atoms with Gasteiger partial charge in [-0.1, -0.05) is 108 Å². The minimum Gasteiger partial charge on any atom is -0.486 e. The van der Waals surface area contributed by atoms with Crippen molar-refractivity contribution < 1.29 is 24.5 Å². The largest absolute Gasteiger partial charge is 0.486 e. The van der Waals surface area contributed by atoms with Crippen LogP contribution in [0.3, 0.4) is 0 Å². The van der Waals surface area contributed by atoms with Crippen LogP contribution in [-0.4, -0.2) is 32.6 Å². The number of furan rings is 1. The molecule has 4 aromatic carbocycles. The van der Waals surface area contributed by atoms with Gasteiger partial charge in [-0.15, -0.1) is 35.9 Å². The van der Waals surface area contributed by atoms with Crippen molar-refractivity contribution in [2.24, 2.45) is 0 Å². The summed E-state index contributed by atoms with van der Waals surface area (Å²) in [4.78, 5) is 19.0. The third-order valence-corrected chi connectivity index (χ3v) is 12.2. The van der Waals surface area contributed by atoms with Crippen molar-refractivity contribution in [2.75, 3.05) is 0 Å². The Balaban J connectivity index is 0.000000246. The van der Waals surface area contributed by atoms with Gasteiger partial charge in [0.15, 0.2) is 0 Å². The number of benzene rings is 4. The molecule has 0 unspecified atom stereocenters. The van der Waals surface area contributed by atoms with Crippen LogP contribution in [0.15, 0.2) is 132 Å². The fraction of sp³-hybridized carbons (Fsp3) is 0.184. The van der Waals surface area contributed by atoms with Crippen molar-refractivity contribution >= 4 is 46.4 Å². The van der Waals surface area contributed by atoms with Crippen molar-refractivity contribution in [3.05, 3.63) is 157 Å². The minimum atomic E-state index is -1.23. The number of aromatic nitrogens is 5. The van der Waals surface area contributed by atoms with E-state index in [1.165, 1.54) is 10.8 Å². The Morgan fingerprint density at radius 3 is 2.23 bits per heavy atom. The third-order valence-electron chi connectivity index (χ3n) is 10.2. The molecule has 9 rings (SSSR count). The Morgan fingerprint density at radius 2 is 1.53 bits per heavy atom. The zero-order chi connectivity index (χ0) is 39.2. The predicted octanol–water partition coefficient (Wildman–Crippen LogP) is 11.9. The first-order valence-corrected chi connectivity index (χ1v) is 22.6. The Kier molecular flexibility index (Phi) is 11.0. The number of nitrogens with zero attached hydrogens (tertiary/aromatic N) is 5. The van der Waals surface area contributed by atoms with E-state index in [4.69, 9.17) is 14.4 Å². The van der Waals surface area contributed by atoms with Crippen molar-refractivity contribution in [1.29, 1.82) is 0 Å². The first-order chi connectivity index (χ1) is 26.9. The summed E-state index contributed by atoms with van der Waals surface area (Å²) in [7, 11) is -1.23. The summed E-state index contributed by atoms with van der Waals surface area (Å²) >= 11 is 0. The maximum Gasteiger partial charge on any atom is 0.216 e. The van der Waals surface area contributed by atoms with Crippen LogP contribution in [0.1, 0.15) is 37.7 Å². The Labute approximate surface area is 349 Å². The van der Waals surface area contributed by atoms with E-state index < -0.39 is 8.07 Å². The number of rotatable bonds is 5. The van der Waals surface area contributed by atoms with Gasteiger partial charge < -0.3 is 19.0 Å². The summed E-state index contributed by atoms with van der Waals surface area (Å²) < 4.78 is 8.65. The molecule has 8 heteroatoms. The molecular weight excluding hydrogens is 895 g/mol. The van der Waals surface area contributed by atoms with Gasteiger partial charge in [0.2, 0.25) is 5.71 Å².